The SMILES string of the molecule is CC1CC(C(=O)O)C(C(=O)NCC2(O)CCC2)C1. The fourth-order valence-electron chi connectivity index (χ4n) is 3.00. The normalized spacial score (nSPS) is 33.8. The minimum atomic E-state index is -0.887. The number of carbonyl (C=O) groups excluding carboxylic acids is 1. The third-order valence-electron chi connectivity index (χ3n) is 4.33. The van der Waals surface area contributed by atoms with Crippen molar-refractivity contribution < 1.29 is 19.8 Å². The number of rotatable bonds is 4. The van der Waals surface area contributed by atoms with Gasteiger partial charge in [0.2, 0.25) is 5.91 Å². The zero-order valence-electron chi connectivity index (χ0n) is 10.7. The van der Waals surface area contributed by atoms with E-state index in [9.17, 15) is 14.7 Å². The molecule has 2 aliphatic carbocycles. The molecule has 3 unspecified atom stereocenters. The second-order valence-electron chi connectivity index (χ2n) is 5.92. The van der Waals surface area contributed by atoms with Gasteiger partial charge >= 0.3 is 5.97 Å². The average molecular weight is 255 g/mol. The Balaban J connectivity index is 1.89. The third kappa shape index (κ3) is 2.66. The fourth-order valence-corrected chi connectivity index (χ4v) is 3.00. The summed E-state index contributed by atoms with van der Waals surface area (Å²) in [6, 6.07) is 0. The average Bonchev–Trinajstić information content (AvgIpc) is 2.66. The van der Waals surface area contributed by atoms with E-state index in [1.807, 2.05) is 6.92 Å². The van der Waals surface area contributed by atoms with Crippen molar-refractivity contribution in [1.29, 1.82) is 0 Å². The van der Waals surface area contributed by atoms with Gasteiger partial charge in [-0.3, -0.25) is 9.59 Å². The highest BCUT2D eigenvalue weighted by molar-refractivity contribution is 5.85. The summed E-state index contributed by atoms with van der Waals surface area (Å²) in [6.07, 6.45) is 3.62. The highest BCUT2D eigenvalue weighted by atomic mass is 16.4. The first kappa shape index (κ1) is 13.3. The number of amides is 1. The van der Waals surface area contributed by atoms with Crippen LogP contribution in [0.15, 0.2) is 0 Å². The maximum absolute atomic E-state index is 12.0. The Morgan fingerprint density at radius 1 is 1.28 bits per heavy atom. The molecule has 2 rings (SSSR count). The van der Waals surface area contributed by atoms with Crippen LogP contribution in [0.5, 0.6) is 0 Å². The van der Waals surface area contributed by atoms with Crippen LogP contribution in [-0.4, -0.2) is 34.2 Å². The molecule has 2 aliphatic rings. The Hall–Kier alpha value is -1.10. The first-order chi connectivity index (χ1) is 8.41. The van der Waals surface area contributed by atoms with Crippen molar-refractivity contribution in [1.82, 2.24) is 5.32 Å². The molecule has 0 aromatic rings. The summed E-state index contributed by atoms with van der Waals surface area (Å²) in [7, 11) is 0. The molecule has 0 saturated heterocycles. The molecule has 18 heavy (non-hydrogen) atoms. The van der Waals surface area contributed by atoms with Crippen molar-refractivity contribution in [3.05, 3.63) is 0 Å². The topological polar surface area (TPSA) is 86.6 Å². The van der Waals surface area contributed by atoms with E-state index in [0.29, 0.717) is 12.8 Å². The smallest absolute Gasteiger partial charge is 0.307 e. The zero-order valence-corrected chi connectivity index (χ0v) is 10.7. The standard InChI is InChI=1S/C13H21NO4/c1-8-5-9(10(6-8)12(16)17)11(15)14-7-13(18)3-2-4-13/h8-10,18H,2-7H2,1H3,(H,14,15)(H,16,17). The van der Waals surface area contributed by atoms with Crippen LogP contribution in [0.4, 0.5) is 0 Å². The molecule has 2 saturated carbocycles. The van der Waals surface area contributed by atoms with Gasteiger partial charge < -0.3 is 15.5 Å². The predicted octanol–water partition coefficient (Wildman–Crippen LogP) is 0.764. The molecule has 3 N–H and O–H groups in total. The van der Waals surface area contributed by atoms with Crippen LogP contribution in [0.25, 0.3) is 0 Å². The van der Waals surface area contributed by atoms with Gasteiger partial charge in [0, 0.05) is 6.54 Å². The molecule has 0 spiro atoms. The molecule has 1 amide bonds. The lowest BCUT2D eigenvalue weighted by molar-refractivity contribution is -0.146. The quantitative estimate of drug-likeness (QED) is 0.692. The number of carboxylic acids is 1. The van der Waals surface area contributed by atoms with Gasteiger partial charge in [0.05, 0.1) is 17.4 Å². The van der Waals surface area contributed by atoms with Crippen LogP contribution in [-0.2, 0) is 9.59 Å². The van der Waals surface area contributed by atoms with Crippen LogP contribution < -0.4 is 5.32 Å². The van der Waals surface area contributed by atoms with Gasteiger partial charge in [-0.15, -0.1) is 0 Å². The molecule has 5 heteroatoms. The van der Waals surface area contributed by atoms with E-state index in [2.05, 4.69) is 5.32 Å². The molecule has 0 aromatic heterocycles. The van der Waals surface area contributed by atoms with Crippen molar-refractivity contribution in [3.63, 3.8) is 0 Å². The van der Waals surface area contributed by atoms with Gasteiger partial charge in [-0.1, -0.05) is 6.92 Å². The monoisotopic (exact) mass is 255 g/mol. The maximum atomic E-state index is 12.0. The third-order valence-corrected chi connectivity index (χ3v) is 4.33. The van der Waals surface area contributed by atoms with E-state index in [-0.39, 0.29) is 18.4 Å². The molecule has 0 aromatic carbocycles. The molecule has 5 nitrogen and oxygen atoms in total. The summed E-state index contributed by atoms with van der Waals surface area (Å²) in [5.41, 5.74) is -0.751. The van der Waals surface area contributed by atoms with Crippen LogP contribution in [0, 0.1) is 17.8 Å². The van der Waals surface area contributed by atoms with Crippen LogP contribution in [0.2, 0.25) is 0 Å². The first-order valence-corrected chi connectivity index (χ1v) is 6.64. The van der Waals surface area contributed by atoms with E-state index in [0.717, 1.165) is 19.3 Å². The lowest BCUT2D eigenvalue weighted by Crippen LogP contribution is -2.49. The summed E-state index contributed by atoms with van der Waals surface area (Å²) in [5, 5.41) is 21.7. The fraction of sp³-hybridized carbons (Fsp3) is 0.846. The lowest BCUT2D eigenvalue weighted by Gasteiger charge is -2.36. The van der Waals surface area contributed by atoms with Crippen molar-refractivity contribution >= 4 is 11.9 Å². The summed E-state index contributed by atoms with van der Waals surface area (Å²) in [5.74, 6) is -1.85. The Morgan fingerprint density at radius 3 is 2.39 bits per heavy atom. The number of hydrogen-bond acceptors (Lipinski definition) is 3. The van der Waals surface area contributed by atoms with Gasteiger partial charge in [-0.2, -0.15) is 0 Å². The van der Waals surface area contributed by atoms with Crippen molar-refractivity contribution in [2.24, 2.45) is 17.8 Å². The Kier molecular flexibility index (Phi) is 3.61. The van der Waals surface area contributed by atoms with E-state index in [4.69, 9.17) is 5.11 Å². The van der Waals surface area contributed by atoms with Gasteiger partial charge in [-0.25, -0.2) is 0 Å². The molecule has 0 heterocycles. The zero-order chi connectivity index (χ0) is 13.3. The number of hydrogen-bond donors (Lipinski definition) is 3. The molecular weight excluding hydrogens is 234 g/mol. The molecule has 3 atom stereocenters. The molecule has 0 bridgehead atoms. The van der Waals surface area contributed by atoms with E-state index >= 15 is 0 Å². The summed E-state index contributed by atoms with van der Waals surface area (Å²) in [4.78, 5) is 23.1. The van der Waals surface area contributed by atoms with Gasteiger partial charge in [0.15, 0.2) is 0 Å². The number of aliphatic carboxylic acids is 1. The highest BCUT2D eigenvalue weighted by Gasteiger charge is 2.42. The lowest BCUT2D eigenvalue weighted by atomic mass is 9.80. The van der Waals surface area contributed by atoms with Gasteiger partial charge in [-0.05, 0) is 38.0 Å². The van der Waals surface area contributed by atoms with Crippen molar-refractivity contribution in [2.75, 3.05) is 6.54 Å². The summed E-state index contributed by atoms with van der Waals surface area (Å²) < 4.78 is 0. The van der Waals surface area contributed by atoms with Gasteiger partial charge in [0.1, 0.15) is 0 Å². The largest absolute Gasteiger partial charge is 0.481 e. The summed E-state index contributed by atoms with van der Waals surface area (Å²) in [6.45, 7) is 2.23. The van der Waals surface area contributed by atoms with Crippen LogP contribution in [0.3, 0.4) is 0 Å². The summed E-state index contributed by atoms with van der Waals surface area (Å²) >= 11 is 0. The molecule has 0 radical (unpaired) electrons. The highest BCUT2D eigenvalue weighted by Crippen LogP contribution is 2.37. The second-order valence-corrected chi connectivity index (χ2v) is 5.92. The van der Waals surface area contributed by atoms with E-state index < -0.39 is 23.4 Å². The first-order valence-electron chi connectivity index (χ1n) is 6.64. The van der Waals surface area contributed by atoms with Crippen molar-refractivity contribution in [2.45, 2.75) is 44.6 Å². The van der Waals surface area contributed by atoms with Crippen LogP contribution >= 0.6 is 0 Å². The van der Waals surface area contributed by atoms with E-state index in [1.54, 1.807) is 0 Å². The Labute approximate surface area is 107 Å². The number of aliphatic hydroxyl groups is 1. The minimum absolute atomic E-state index is 0.216. The molecular formula is C13H21NO4. The number of carboxylic acid groups (broad SMARTS) is 1. The maximum Gasteiger partial charge on any atom is 0.307 e. The molecule has 0 aliphatic heterocycles. The minimum Gasteiger partial charge on any atom is -0.481 e. The van der Waals surface area contributed by atoms with Crippen molar-refractivity contribution in [3.8, 4) is 0 Å². The predicted molar refractivity (Wildman–Crippen MR) is 64.8 cm³/mol. The van der Waals surface area contributed by atoms with E-state index in [1.165, 1.54) is 0 Å². The number of nitrogens with one attached hydrogen (secondary N) is 1. The second kappa shape index (κ2) is 4.88. The number of carbonyl (C=O) groups is 2. The Morgan fingerprint density at radius 2 is 1.89 bits per heavy atom. The molecule has 2 fully saturated rings. The molecule has 102 valence electrons. The van der Waals surface area contributed by atoms with Crippen LogP contribution in [0.1, 0.15) is 39.0 Å². The van der Waals surface area contributed by atoms with Gasteiger partial charge in [0.25, 0.3) is 0 Å². The Bertz CT molecular complexity index is 351.